The van der Waals surface area contributed by atoms with Gasteiger partial charge in [0.15, 0.2) is 0 Å². The van der Waals surface area contributed by atoms with Crippen molar-refractivity contribution in [3.05, 3.63) is 0 Å². The Morgan fingerprint density at radius 3 is 1.58 bits per heavy atom. The van der Waals surface area contributed by atoms with Crippen molar-refractivity contribution >= 4 is 41.2 Å². The van der Waals surface area contributed by atoms with E-state index in [1.54, 1.807) is 38.5 Å². The first-order chi connectivity index (χ1) is 8.94. The maximum Gasteiger partial charge on any atom is 0.0938 e. The molecule has 5 aliphatic rings. The lowest BCUT2D eigenvalue weighted by Gasteiger charge is -2.64. The largest absolute Gasteiger partial charge is 0.0938 e. The molecule has 4 saturated carbocycles. The van der Waals surface area contributed by atoms with Crippen LogP contribution in [0.3, 0.4) is 0 Å². The van der Waals surface area contributed by atoms with Gasteiger partial charge >= 0.3 is 0 Å². The van der Waals surface area contributed by atoms with Crippen LogP contribution in [-0.2, 0) is 0 Å². The van der Waals surface area contributed by atoms with E-state index in [2.05, 4.69) is 62.0 Å². The Morgan fingerprint density at radius 1 is 0.789 bits per heavy atom. The predicted octanol–water partition coefficient (Wildman–Crippen LogP) is 6.64. The van der Waals surface area contributed by atoms with Crippen molar-refractivity contribution in [1.82, 2.24) is 0 Å². The molecule has 1 heterocycles. The molecule has 108 valence electrons. The lowest BCUT2D eigenvalue weighted by Crippen LogP contribution is -2.59. The summed E-state index contributed by atoms with van der Waals surface area (Å²) in [6.07, 6.45) is 9.31. The van der Waals surface area contributed by atoms with E-state index in [1.165, 1.54) is 0 Å². The molecule has 1 aliphatic heterocycles. The molecule has 4 aliphatic carbocycles. The first-order valence-electron chi connectivity index (χ1n) is 7.64. The molecule has 0 aromatic carbocycles. The Balaban J connectivity index is 1.77. The number of rotatable bonds is 1. The van der Waals surface area contributed by atoms with Gasteiger partial charge in [0.25, 0.3) is 0 Å². The van der Waals surface area contributed by atoms with Gasteiger partial charge < -0.3 is 0 Å². The Morgan fingerprint density at radius 2 is 1.21 bits per heavy atom. The molecule has 0 aromatic heterocycles. The van der Waals surface area contributed by atoms with Gasteiger partial charge in [0.2, 0.25) is 0 Å². The van der Waals surface area contributed by atoms with Gasteiger partial charge in [-0.05, 0) is 86.8 Å². The van der Waals surface area contributed by atoms with Crippen LogP contribution in [0.5, 0.6) is 0 Å². The average Bonchev–Trinajstić information content (AvgIpc) is 2.76. The zero-order valence-corrected chi connectivity index (χ0v) is 15.4. The van der Waals surface area contributed by atoms with Gasteiger partial charge in [0.05, 0.1) is 4.08 Å². The van der Waals surface area contributed by atoms with Crippen LogP contribution in [0, 0.1) is 28.6 Å². The molecular formula is C15H24S4. The highest BCUT2D eigenvalue weighted by Gasteiger charge is 2.66. The first kappa shape index (κ1) is 14.0. The molecule has 4 bridgehead atoms. The third-order valence-electron chi connectivity index (χ3n) is 6.05. The smallest absolute Gasteiger partial charge is 0.0618 e. The van der Waals surface area contributed by atoms with E-state index in [-0.39, 0.29) is 0 Å². The van der Waals surface area contributed by atoms with Gasteiger partial charge in [-0.25, -0.2) is 0 Å². The first-order valence-corrected chi connectivity index (χ1v) is 12.5. The molecule has 19 heavy (non-hydrogen) atoms. The van der Waals surface area contributed by atoms with E-state index in [0.717, 1.165) is 17.8 Å². The summed E-state index contributed by atoms with van der Waals surface area (Å²) in [6, 6.07) is 0. The van der Waals surface area contributed by atoms with Crippen LogP contribution in [0.25, 0.3) is 0 Å². The standard InChI is InChI=1S/C15H24S4/c1-13(2,3)15(16-18-19-17-15)14-7-10-4-11(8-14)6-12(5-10)9-14/h10-12H,4-9H2,1-3H3. The summed E-state index contributed by atoms with van der Waals surface area (Å²) in [5.41, 5.74) is 1.05. The maximum atomic E-state index is 2.50. The summed E-state index contributed by atoms with van der Waals surface area (Å²) in [5, 5.41) is 0. The summed E-state index contributed by atoms with van der Waals surface area (Å²) in [6.45, 7) is 7.49. The SMILES string of the molecule is CC(C)(C)C1(C23CC4CC(CC(C4)C2)C3)SSSS1. The van der Waals surface area contributed by atoms with E-state index >= 15 is 0 Å². The highest BCUT2D eigenvalue weighted by Crippen LogP contribution is 2.81. The van der Waals surface area contributed by atoms with E-state index < -0.39 is 0 Å². The molecule has 0 N–H and O–H groups in total. The normalized spacial score (nSPS) is 47.8. The van der Waals surface area contributed by atoms with Crippen LogP contribution in [0.15, 0.2) is 0 Å². The van der Waals surface area contributed by atoms with Gasteiger partial charge in [0.1, 0.15) is 0 Å². The minimum Gasteiger partial charge on any atom is -0.0618 e. The average molecular weight is 333 g/mol. The molecule has 5 rings (SSSR count). The van der Waals surface area contributed by atoms with E-state index in [9.17, 15) is 0 Å². The highest BCUT2D eigenvalue weighted by atomic mass is 33.7. The van der Waals surface area contributed by atoms with Crippen LogP contribution >= 0.6 is 41.2 Å². The Hall–Kier alpha value is 1.40. The zero-order chi connectivity index (χ0) is 13.3. The number of hydrogen-bond acceptors (Lipinski definition) is 4. The van der Waals surface area contributed by atoms with Gasteiger partial charge in [-0.1, -0.05) is 42.4 Å². The van der Waals surface area contributed by atoms with Crippen molar-refractivity contribution in [1.29, 1.82) is 0 Å². The third kappa shape index (κ3) is 1.91. The van der Waals surface area contributed by atoms with Crippen LogP contribution in [0.2, 0.25) is 0 Å². The van der Waals surface area contributed by atoms with Gasteiger partial charge in [-0.15, -0.1) is 0 Å². The molecule has 4 heteroatoms. The summed E-state index contributed by atoms with van der Waals surface area (Å²) in [5.74, 6) is 3.21. The minimum absolute atomic E-state index is 0.407. The van der Waals surface area contributed by atoms with Gasteiger partial charge in [-0.3, -0.25) is 0 Å². The summed E-state index contributed by atoms with van der Waals surface area (Å²) < 4.78 is 0.450. The minimum atomic E-state index is 0.407. The molecular weight excluding hydrogens is 308 g/mol. The lowest BCUT2D eigenvalue weighted by atomic mass is 9.47. The predicted molar refractivity (Wildman–Crippen MR) is 93.2 cm³/mol. The fraction of sp³-hybridized carbons (Fsp3) is 1.00. The topological polar surface area (TPSA) is 0 Å². The van der Waals surface area contributed by atoms with E-state index in [1.807, 2.05) is 0 Å². The van der Waals surface area contributed by atoms with E-state index in [4.69, 9.17) is 0 Å². The second-order valence-corrected chi connectivity index (χ2v) is 14.7. The van der Waals surface area contributed by atoms with Crippen molar-refractivity contribution in [3.63, 3.8) is 0 Å². The Labute approximate surface area is 133 Å². The molecule has 0 radical (unpaired) electrons. The third-order valence-corrected chi connectivity index (χ3v) is 15.2. The Kier molecular flexibility index (Phi) is 3.29. The van der Waals surface area contributed by atoms with Gasteiger partial charge in [-0.2, -0.15) is 0 Å². The molecule has 0 nitrogen and oxygen atoms in total. The molecule has 0 unspecified atom stereocenters. The Bertz CT molecular complexity index is 343. The van der Waals surface area contributed by atoms with Crippen molar-refractivity contribution in [2.45, 2.75) is 63.4 Å². The van der Waals surface area contributed by atoms with Crippen LogP contribution in [0.4, 0.5) is 0 Å². The van der Waals surface area contributed by atoms with E-state index in [0.29, 0.717) is 14.9 Å². The maximum absolute atomic E-state index is 2.50. The van der Waals surface area contributed by atoms with Gasteiger partial charge in [0, 0.05) is 0 Å². The van der Waals surface area contributed by atoms with Crippen molar-refractivity contribution in [3.8, 4) is 0 Å². The second-order valence-electron chi connectivity index (χ2n) is 8.37. The quantitative estimate of drug-likeness (QED) is 0.493. The van der Waals surface area contributed by atoms with Crippen LogP contribution < -0.4 is 0 Å². The van der Waals surface area contributed by atoms with Crippen molar-refractivity contribution in [2.24, 2.45) is 28.6 Å². The fourth-order valence-corrected chi connectivity index (χ4v) is 17.1. The van der Waals surface area contributed by atoms with Crippen LogP contribution in [0.1, 0.15) is 59.3 Å². The summed E-state index contributed by atoms with van der Waals surface area (Å²) >= 11 is 0. The summed E-state index contributed by atoms with van der Waals surface area (Å²) in [4.78, 5) is 0. The zero-order valence-electron chi connectivity index (χ0n) is 12.1. The fourth-order valence-electron chi connectivity index (χ4n) is 5.87. The number of hydrogen-bond donors (Lipinski definition) is 0. The molecule has 0 atom stereocenters. The van der Waals surface area contributed by atoms with Crippen molar-refractivity contribution < 1.29 is 0 Å². The second kappa shape index (κ2) is 4.45. The van der Waals surface area contributed by atoms with Crippen molar-refractivity contribution in [2.75, 3.05) is 0 Å². The molecule has 0 aromatic rings. The molecule has 0 amide bonds. The van der Waals surface area contributed by atoms with Crippen LogP contribution in [-0.4, -0.2) is 4.08 Å². The lowest BCUT2D eigenvalue weighted by molar-refractivity contribution is -0.0744. The molecule has 5 fully saturated rings. The molecule has 0 spiro atoms. The highest BCUT2D eigenvalue weighted by molar-refractivity contribution is 9.31. The summed E-state index contributed by atoms with van der Waals surface area (Å²) in [7, 11) is 8.56. The molecule has 1 saturated heterocycles. The monoisotopic (exact) mass is 332 g/mol.